The molecule has 24 heavy (non-hydrogen) atoms. The van der Waals surface area contributed by atoms with Crippen molar-refractivity contribution in [2.45, 2.75) is 38.1 Å². The van der Waals surface area contributed by atoms with Crippen LogP contribution in [0.4, 0.5) is 0 Å². The molecular weight excluding hydrogens is 332 g/mol. The molecule has 0 aliphatic rings. The Morgan fingerprint density at radius 3 is 2.17 bits per heavy atom. The largest absolute Gasteiger partial charge is 0.481 e. The van der Waals surface area contributed by atoms with Gasteiger partial charge >= 0.3 is 5.97 Å². The first-order chi connectivity index (χ1) is 11.1. The average Bonchev–Trinajstić information content (AvgIpc) is 2.51. The third-order valence-electron chi connectivity index (χ3n) is 3.65. The van der Waals surface area contributed by atoms with Crippen LogP contribution < -0.4 is 5.32 Å². The first kappa shape index (κ1) is 20.1. The van der Waals surface area contributed by atoms with Crippen LogP contribution in [0.5, 0.6) is 0 Å². The van der Waals surface area contributed by atoms with Gasteiger partial charge in [-0.15, -0.1) is 0 Å². The summed E-state index contributed by atoms with van der Waals surface area (Å²) < 4.78 is 25.9. The van der Waals surface area contributed by atoms with Crippen LogP contribution in [0.1, 0.15) is 37.6 Å². The van der Waals surface area contributed by atoms with Crippen molar-refractivity contribution < 1.29 is 23.1 Å². The first-order valence-corrected chi connectivity index (χ1v) is 9.07. The van der Waals surface area contributed by atoms with Gasteiger partial charge in [-0.3, -0.25) is 9.59 Å². The number of benzene rings is 1. The second-order valence-electron chi connectivity index (χ2n) is 6.05. The number of carboxylic acids is 1. The van der Waals surface area contributed by atoms with Crippen LogP contribution in [0.2, 0.25) is 0 Å². The summed E-state index contributed by atoms with van der Waals surface area (Å²) in [7, 11) is -2.08. The van der Waals surface area contributed by atoms with Crippen LogP contribution in [0.25, 0.3) is 0 Å². The fourth-order valence-corrected chi connectivity index (χ4v) is 3.33. The minimum Gasteiger partial charge on any atom is -0.481 e. The van der Waals surface area contributed by atoms with Crippen molar-refractivity contribution in [1.82, 2.24) is 9.62 Å². The van der Waals surface area contributed by atoms with E-state index in [0.717, 1.165) is 0 Å². The van der Waals surface area contributed by atoms with Crippen molar-refractivity contribution in [1.29, 1.82) is 0 Å². The van der Waals surface area contributed by atoms with Crippen LogP contribution in [-0.2, 0) is 14.8 Å². The van der Waals surface area contributed by atoms with E-state index in [4.69, 9.17) is 5.11 Å². The lowest BCUT2D eigenvalue weighted by molar-refractivity contribution is -0.137. The van der Waals surface area contributed by atoms with Gasteiger partial charge < -0.3 is 10.4 Å². The van der Waals surface area contributed by atoms with E-state index in [2.05, 4.69) is 5.32 Å². The molecule has 0 saturated carbocycles. The molecule has 0 radical (unpaired) electrons. The second kappa shape index (κ2) is 8.25. The lowest BCUT2D eigenvalue weighted by atomic mass is 10.1. The number of amides is 1. The molecule has 0 saturated heterocycles. The molecule has 1 amide bonds. The number of hydrogen-bond acceptors (Lipinski definition) is 4. The Bertz CT molecular complexity index is 683. The normalized spacial score (nSPS) is 13.1. The Morgan fingerprint density at radius 2 is 1.71 bits per heavy atom. The summed E-state index contributed by atoms with van der Waals surface area (Å²) in [5, 5.41) is 11.3. The minimum absolute atomic E-state index is 0.0288. The van der Waals surface area contributed by atoms with E-state index in [1.165, 1.54) is 35.6 Å². The average molecular weight is 356 g/mol. The maximum atomic E-state index is 12.3. The fourth-order valence-electron chi connectivity index (χ4n) is 1.96. The zero-order valence-electron chi connectivity index (χ0n) is 14.3. The summed E-state index contributed by atoms with van der Waals surface area (Å²) in [6.07, 6.45) is -0.0288. The molecule has 0 aliphatic heterocycles. The summed E-state index contributed by atoms with van der Waals surface area (Å²) in [4.78, 5) is 22.7. The van der Waals surface area contributed by atoms with E-state index in [1.54, 1.807) is 20.8 Å². The number of nitrogens with zero attached hydrogens (tertiary/aromatic N) is 1. The molecule has 0 fully saturated rings. The predicted molar refractivity (Wildman–Crippen MR) is 90.3 cm³/mol. The lowest BCUT2D eigenvalue weighted by Crippen LogP contribution is -2.33. The summed E-state index contributed by atoms with van der Waals surface area (Å²) in [6.45, 7) is 5.52. The third kappa shape index (κ3) is 5.31. The Hall–Kier alpha value is -1.93. The molecule has 0 bridgehead atoms. The van der Waals surface area contributed by atoms with E-state index < -0.39 is 16.0 Å². The Balaban J connectivity index is 2.77. The minimum atomic E-state index is -3.58. The molecule has 8 heteroatoms. The number of rotatable bonds is 8. The summed E-state index contributed by atoms with van der Waals surface area (Å²) in [5.41, 5.74) is 0.323. The maximum Gasteiger partial charge on any atom is 0.303 e. The number of nitrogens with one attached hydrogen (secondary N) is 1. The van der Waals surface area contributed by atoms with Gasteiger partial charge in [0, 0.05) is 31.6 Å². The summed E-state index contributed by atoms with van der Waals surface area (Å²) >= 11 is 0. The smallest absolute Gasteiger partial charge is 0.303 e. The SMILES string of the molecule is CC(CNC(=O)c1ccc(S(=O)(=O)N(C)C(C)C)cc1)CC(=O)O. The van der Waals surface area contributed by atoms with Gasteiger partial charge in [0.2, 0.25) is 10.0 Å². The highest BCUT2D eigenvalue weighted by Crippen LogP contribution is 2.17. The molecule has 0 aliphatic carbocycles. The van der Waals surface area contributed by atoms with Gasteiger partial charge in [0.15, 0.2) is 0 Å². The Labute approximate surface area is 142 Å². The molecule has 1 rings (SSSR count). The summed E-state index contributed by atoms with van der Waals surface area (Å²) in [6, 6.07) is 5.50. The number of carbonyl (C=O) groups excluding carboxylic acids is 1. The quantitative estimate of drug-likeness (QED) is 0.735. The van der Waals surface area contributed by atoms with Crippen LogP contribution in [0, 0.1) is 5.92 Å². The standard InChI is InChI=1S/C16H24N2O5S/c1-11(2)18(4)24(22,23)14-7-5-13(6-8-14)16(21)17-10-12(3)9-15(19)20/h5-8,11-12H,9-10H2,1-4H3,(H,17,21)(H,19,20). The van der Waals surface area contributed by atoms with Gasteiger partial charge in [-0.2, -0.15) is 4.31 Å². The molecule has 0 spiro atoms. The monoisotopic (exact) mass is 356 g/mol. The van der Waals surface area contributed by atoms with Gasteiger partial charge in [0.1, 0.15) is 0 Å². The molecule has 0 aromatic heterocycles. The number of hydrogen-bond donors (Lipinski definition) is 2. The fraction of sp³-hybridized carbons (Fsp3) is 0.500. The maximum absolute atomic E-state index is 12.3. The zero-order chi connectivity index (χ0) is 18.5. The number of carbonyl (C=O) groups is 2. The predicted octanol–water partition coefficient (Wildman–Crippen LogP) is 1.56. The Kier molecular flexibility index (Phi) is 6.92. The number of sulfonamides is 1. The van der Waals surface area contributed by atoms with Crippen molar-refractivity contribution in [3.8, 4) is 0 Å². The van der Waals surface area contributed by atoms with Gasteiger partial charge in [-0.25, -0.2) is 8.42 Å². The molecular formula is C16H24N2O5S. The van der Waals surface area contributed by atoms with Crippen molar-refractivity contribution in [3.05, 3.63) is 29.8 Å². The van der Waals surface area contributed by atoms with Crippen molar-refractivity contribution in [2.24, 2.45) is 5.92 Å². The van der Waals surface area contributed by atoms with Crippen molar-refractivity contribution in [3.63, 3.8) is 0 Å². The van der Waals surface area contributed by atoms with E-state index >= 15 is 0 Å². The van der Waals surface area contributed by atoms with Crippen molar-refractivity contribution in [2.75, 3.05) is 13.6 Å². The van der Waals surface area contributed by atoms with Gasteiger partial charge in [-0.1, -0.05) is 6.92 Å². The highest BCUT2D eigenvalue weighted by molar-refractivity contribution is 7.89. The van der Waals surface area contributed by atoms with Crippen LogP contribution in [0.15, 0.2) is 29.2 Å². The second-order valence-corrected chi connectivity index (χ2v) is 8.05. The first-order valence-electron chi connectivity index (χ1n) is 7.63. The number of aliphatic carboxylic acids is 1. The topological polar surface area (TPSA) is 104 Å². The molecule has 0 heterocycles. The molecule has 1 unspecified atom stereocenters. The van der Waals surface area contributed by atoms with E-state index in [1.807, 2.05) is 0 Å². The van der Waals surface area contributed by atoms with Gasteiger partial charge in [0.05, 0.1) is 4.90 Å². The molecule has 134 valence electrons. The molecule has 7 nitrogen and oxygen atoms in total. The highest BCUT2D eigenvalue weighted by Gasteiger charge is 2.23. The van der Waals surface area contributed by atoms with E-state index in [0.29, 0.717) is 5.56 Å². The molecule has 2 N–H and O–H groups in total. The lowest BCUT2D eigenvalue weighted by Gasteiger charge is -2.21. The third-order valence-corrected chi connectivity index (χ3v) is 5.70. The van der Waals surface area contributed by atoms with E-state index in [-0.39, 0.29) is 35.7 Å². The number of carboxylic acid groups (broad SMARTS) is 1. The zero-order valence-corrected chi connectivity index (χ0v) is 15.1. The van der Waals surface area contributed by atoms with E-state index in [9.17, 15) is 18.0 Å². The van der Waals surface area contributed by atoms with Crippen LogP contribution in [0.3, 0.4) is 0 Å². The van der Waals surface area contributed by atoms with Gasteiger partial charge in [-0.05, 0) is 44.0 Å². The molecule has 1 aromatic carbocycles. The molecule has 1 atom stereocenters. The summed E-state index contributed by atoms with van der Waals surface area (Å²) in [5.74, 6) is -1.47. The molecule has 1 aromatic rings. The van der Waals surface area contributed by atoms with Crippen molar-refractivity contribution >= 4 is 21.9 Å². The highest BCUT2D eigenvalue weighted by atomic mass is 32.2. The van der Waals surface area contributed by atoms with Crippen LogP contribution >= 0.6 is 0 Å². The Morgan fingerprint density at radius 1 is 1.17 bits per heavy atom. The van der Waals surface area contributed by atoms with Gasteiger partial charge in [0.25, 0.3) is 5.91 Å². The van der Waals surface area contributed by atoms with Crippen LogP contribution in [-0.4, -0.2) is 49.3 Å².